The van der Waals surface area contributed by atoms with Crippen LogP contribution in [0.2, 0.25) is 0 Å². The average molecular weight is 328 g/mol. The van der Waals surface area contributed by atoms with Gasteiger partial charge in [-0.1, -0.05) is 42.5 Å². The topological polar surface area (TPSA) is 66.5 Å². The monoisotopic (exact) mass is 328 g/mol. The number of amides is 2. The Balaban J connectivity index is 1.64. The third-order valence-electron chi connectivity index (χ3n) is 4.43. The van der Waals surface area contributed by atoms with E-state index in [-0.39, 0.29) is 29.6 Å². The summed E-state index contributed by atoms with van der Waals surface area (Å²) in [7, 11) is -3.08. The normalized spacial score (nSPS) is 25.2. The fraction of sp³-hybridized carbons (Fsp3) is 0.235. The molecule has 6 heteroatoms. The van der Waals surface area contributed by atoms with E-state index in [0.717, 1.165) is 16.8 Å². The molecule has 2 aliphatic rings. The highest BCUT2D eigenvalue weighted by Crippen LogP contribution is 2.31. The first-order valence-corrected chi connectivity index (χ1v) is 9.31. The van der Waals surface area contributed by atoms with Crippen LogP contribution in [0.5, 0.6) is 0 Å². The minimum atomic E-state index is -3.08. The molecule has 1 N–H and O–H groups in total. The van der Waals surface area contributed by atoms with Crippen molar-refractivity contribution in [3.63, 3.8) is 0 Å². The van der Waals surface area contributed by atoms with E-state index in [1.807, 2.05) is 54.6 Å². The second-order valence-corrected chi connectivity index (χ2v) is 8.14. The maximum atomic E-state index is 12.2. The van der Waals surface area contributed by atoms with Gasteiger partial charge in [0.25, 0.3) is 0 Å². The third-order valence-corrected chi connectivity index (χ3v) is 6.15. The molecule has 2 fully saturated rings. The summed E-state index contributed by atoms with van der Waals surface area (Å²) in [4.78, 5) is 13.7. The van der Waals surface area contributed by atoms with Crippen LogP contribution in [0.4, 0.5) is 10.5 Å². The predicted octanol–water partition coefficient (Wildman–Crippen LogP) is 2.05. The van der Waals surface area contributed by atoms with Crippen molar-refractivity contribution in [2.24, 2.45) is 0 Å². The Morgan fingerprint density at radius 1 is 0.913 bits per heavy atom. The van der Waals surface area contributed by atoms with Gasteiger partial charge in [0, 0.05) is 5.69 Å². The lowest BCUT2D eigenvalue weighted by Crippen LogP contribution is -2.36. The minimum absolute atomic E-state index is 0.0246. The van der Waals surface area contributed by atoms with Crippen LogP contribution in [0, 0.1) is 0 Å². The molecule has 2 aliphatic heterocycles. The van der Waals surface area contributed by atoms with Crippen molar-refractivity contribution in [1.82, 2.24) is 5.32 Å². The van der Waals surface area contributed by atoms with Crippen molar-refractivity contribution in [3.05, 3.63) is 54.6 Å². The van der Waals surface area contributed by atoms with Crippen molar-refractivity contribution in [1.29, 1.82) is 0 Å². The molecule has 0 spiro atoms. The van der Waals surface area contributed by atoms with E-state index < -0.39 is 9.84 Å². The molecule has 2 amide bonds. The number of nitrogens with zero attached hydrogens (tertiary/aromatic N) is 1. The van der Waals surface area contributed by atoms with Crippen molar-refractivity contribution in [2.75, 3.05) is 16.4 Å². The molecular formula is C17H16N2O3S. The summed E-state index contributed by atoms with van der Waals surface area (Å²) in [5, 5.41) is 2.77. The zero-order valence-corrected chi connectivity index (χ0v) is 13.2. The number of carbonyl (C=O) groups excluding carboxylic acids is 1. The van der Waals surface area contributed by atoms with Crippen LogP contribution in [0.25, 0.3) is 11.1 Å². The molecule has 23 heavy (non-hydrogen) atoms. The standard InChI is InChI=1S/C17H16N2O3S/c20-17-18-15-10-23(21,22)11-16(15)19(17)14-8-6-13(7-9-14)12-4-2-1-3-5-12/h1-9,15-16H,10-11H2,(H,18,20)/t15-,16+/m0/s1. The van der Waals surface area contributed by atoms with Gasteiger partial charge in [0.15, 0.2) is 9.84 Å². The summed E-state index contributed by atoms with van der Waals surface area (Å²) in [5.74, 6) is 0.0544. The second-order valence-electron chi connectivity index (χ2n) is 5.98. The van der Waals surface area contributed by atoms with Crippen LogP contribution < -0.4 is 10.2 Å². The fourth-order valence-electron chi connectivity index (χ4n) is 3.35. The van der Waals surface area contributed by atoms with E-state index in [4.69, 9.17) is 0 Å². The van der Waals surface area contributed by atoms with E-state index in [1.165, 1.54) is 0 Å². The van der Waals surface area contributed by atoms with Gasteiger partial charge < -0.3 is 5.32 Å². The van der Waals surface area contributed by atoms with Gasteiger partial charge in [-0.15, -0.1) is 0 Å². The molecule has 118 valence electrons. The highest BCUT2D eigenvalue weighted by molar-refractivity contribution is 7.91. The summed E-state index contributed by atoms with van der Waals surface area (Å²) < 4.78 is 23.6. The Morgan fingerprint density at radius 2 is 1.57 bits per heavy atom. The number of sulfone groups is 1. The first-order valence-electron chi connectivity index (χ1n) is 7.49. The summed E-state index contributed by atoms with van der Waals surface area (Å²) in [6, 6.07) is 16.8. The summed E-state index contributed by atoms with van der Waals surface area (Å²) in [6.07, 6.45) is 0. The van der Waals surface area contributed by atoms with E-state index >= 15 is 0 Å². The van der Waals surface area contributed by atoms with Gasteiger partial charge >= 0.3 is 6.03 Å². The molecule has 0 saturated carbocycles. The minimum Gasteiger partial charge on any atom is -0.332 e. The van der Waals surface area contributed by atoms with E-state index in [2.05, 4.69) is 5.32 Å². The second kappa shape index (κ2) is 5.09. The molecule has 2 heterocycles. The number of fused-ring (bicyclic) bond motifs is 1. The van der Waals surface area contributed by atoms with Crippen LogP contribution in [0.3, 0.4) is 0 Å². The highest BCUT2D eigenvalue weighted by Gasteiger charge is 2.49. The third kappa shape index (κ3) is 2.49. The molecule has 2 aromatic rings. The number of urea groups is 1. The summed E-state index contributed by atoms with van der Waals surface area (Å²) in [6.45, 7) is 0. The predicted molar refractivity (Wildman–Crippen MR) is 89.1 cm³/mol. The zero-order chi connectivity index (χ0) is 16.0. The quantitative estimate of drug-likeness (QED) is 0.858. The number of anilines is 1. The van der Waals surface area contributed by atoms with Gasteiger partial charge in [-0.3, -0.25) is 4.90 Å². The Bertz CT molecular complexity index is 847. The van der Waals surface area contributed by atoms with E-state index in [1.54, 1.807) is 4.90 Å². The maximum absolute atomic E-state index is 12.2. The van der Waals surface area contributed by atoms with Crippen LogP contribution in [-0.4, -0.2) is 38.0 Å². The van der Waals surface area contributed by atoms with Gasteiger partial charge in [0.1, 0.15) is 0 Å². The van der Waals surface area contributed by atoms with Crippen LogP contribution >= 0.6 is 0 Å². The van der Waals surface area contributed by atoms with Gasteiger partial charge in [-0.25, -0.2) is 13.2 Å². The molecule has 0 aliphatic carbocycles. The SMILES string of the molecule is O=C1N[C@H]2CS(=O)(=O)C[C@H]2N1c1ccc(-c2ccccc2)cc1. The molecule has 0 aromatic heterocycles. The zero-order valence-electron chi connectivity index (χ0n) is 12.3. The molecule has 0 bridgehead atoms. The van der Waals surface area contributed by atoms with E-state index in [9.17, 15) is 13.2 Å². The van der Waals surface area contributed by atoms with Crippen LogP contribution in [0.15, 0.2) is 54.6 Å². The van der Waals surface area contributed by atoms with Crippen LogP contribution in [-0.2, 0) is 9.84 Å². The van der Waals surface area contributed by atoms with Crippen molar-refractivity contribution in [3.8, 4) is 11.1 Å². The first kappa shape index (κ1) is 14.3. The van der Waals surface area contributed by atoms with Gasteiger partial charge in [0.05, 0.1) is 23.6 Å². The fourth-order valence-corrected chi connectivity index (χ4v) is 5.24. The average Bonchev–Trinajstić information content (AvgIpc) is 2.98. The molecule has 0 unspecified atom stereocenters. The van der Waals surface area contributed by atoms with Crippen molar-refractivity contribution in [2.45, 2.75) is 12.1 Å². The molecule has 2 atom stereocenters. The van der Waals surface area contributed by atoms with Crippen LogP contribution in [0.1, 0.15) is 0 Å². The number of benzene rings is 2. The van der Waals surface area contributed by atoms with Gasteiger partial charge in [-0.2, -0.15) is 0 Å². The Labute approximate surface area is 134 Å². The highest BCUT2D eigenvalue weighted by atomic mass is 32.2. The van der Waals surface area contributed by atoms with Crippen molar-refractivity contribution >= 4 is 21.6 Å². The molecule has 0 radical (unpaired) electrons. The lowest BCUT2D eigenvalue weighted by atomic mass is 10.0. The smallest absolute Gasteiger partial charge is 0.322 e. The lowest BCUT2D eigenvalue weighted by molar-refractivity contribution is 0.251. The van der Waals surface area contributed by atoms with Gasteiger partial charge in [0.2, 0.25) is 0 Å². The molecular weight excluding hydrogens is 312 g/mol. The van der Waals surface area contributed by atoms with Crippen molar-refractivity contribution < 1.29 is 13.2 Å². The number of nitrogens with one attached hydrogen (secondary N) is 1. The largest absolute Gasteiger partial charge is 0.332 e. The first-order chi connectivity index (χ1) is 11.0. The lowest BCUT2D eigenvalue weighted by Gasteiger charge is -2.21. The molecule has 2 aromatic carbocycles. The van der Waals surface area contributed by atoms with E-state index in [0.29, 0.717) is 0 Å². The maximum Gasteiger partial charge on any atom is 0.322 e. The summed E-state index contributed by atoms with van der Waals surface area (Å²) >= 11 is 0. The molecule has 5 nitrogen and oxygen atoms in total. The summed E-state index contributed by atoms with van der Waals surface area (Å²) in [5.41, 5.74) is 2.89. The number of rotatable bonds is 2. The molecule has 2 saturated heterocycles. The Hall–Kier alpha value is -2.34. The Kier molecular flexibility index (Phi) is 3.16. The Morgan fingerprint density at radius 3 is 2.26 bits per heavy atom. The number of hydrogen-bond acceptors (Lipinski definition) is 3. The number of hydrogen-bond donors (Lipinski definition) is 1. The molecule has 4 rings (SSSR count). The van der Waals surface area contributed by atoms with Gasteiger partial charge in [-0.05, 0) is 23.3 Å². The number of carbonyl (C=O) groups is 1.